The molecule has 0 radical (unpaired) electrons. The van der Waals surface area contributed by atoms with Gasteiger partial charge in [-0.25, -0.2) is 0 Å². The van der Waals surface area contributed by atoms with Crippen molar-refractivity contribution in [1.82, 2.24) is 5.32 Å². The monoisotopic (exact) mass is 131 g/mol. The molecule has 3 heteroatoms. The van der Waals surface area contributed by atoms with E-state index < -0.39 is 0 Å². The number of hydrogen-bond donors (Lipinski definition) is 2. The van der Waals surface area contributed by atoms with Gasteiger partial charge >= 0.3 is 0 Å². The maximum Gasteiger partial charge on any atom is 0.221 e. The van der Waals surface area contributed by atoms with Gasteiger partial charge in [-0.05, 0) is 6.92 Å². The predicted octanol–water partition coefficient (Wildman–Crippen LogP) is 0.193. The van der Waals surface area contributed by atoms with Crippen LogP contribution < -0.4 is 5.32 Å². The highest BCUT2D eigenvalue weighted by molar-refractivity contribution is 7.81. The number of hydrogen-bond acceptors (Lipinski definition) is 2. The molecule has 1 fully saturated rings. The van der Waals surface area contributed by atoms with E-state index in [-0.39, 0.29) is 17.2 Å². The van der Waals surface area contributed by atoms with Crippen molar-refractivity contribution in [3.05, 3.63) is 0 Å². The summed E-state index contributed by atoms with van der Waals surface area (Å²) in [5, 5.41) is 2.98. The molecule has 1 N–H and O–H groups in total. The van der Waals surface area contributed by atoms with Gasteiger partial charge in [-0.15, -0.1) is 0 Å². The third-order valence-corrected chi connectivity index (χ3v) is 1.99. The summed E-state index contributed by atoms with van der Waals surface area (Å²) in [4.78, 5) is 10.5. The standard InChI is InChI=1S/C5H9NOS/c1-3-4(8)2-5(7)6-3/h3-4,8H,2H2,1H3,(H,6,7)/t3-,4-/m0/s1. The van der Waals surface area contributed by atoms with E-state index in [1.807, 2.05) is 6.92 Å². The van der Waals surface area contributed by atoms with Gasteiger partial charge in [0.2, 0.25) is 5.91 Å². The van der Waals surface area contributed by atoms with Crippen molar-refractivity contribution < 1.29 is 4.79 Å². The summed E-state index contributed by atoms with van der Waals surface area (Å²) in [7, 11) is 0. The lowest BCUT2D eigenvalue weighted by Gasteiger charge is -2.04. The van der Waals surface area contributed by atoms with Gasteiger partial charge in [0, 0.05) is 17.7 Å². The second kappa shape index (κ2) is 1.97. The van der Waals surface area contributed by atoms with Crippen molar-refractivity contribution in [1.29, 1.82) is 0 Å². The zero-order chi connectivity index (χ0) is 6.15. The first kappa shape index (κ1) is 5.95. The molecule has 8 heavy (non-hydrogen) atoms. The van der Waals surface area contributed by atoms with E-state index in [2.05, 4.69) is 17.9 Å². The number of carbonyl (C=O) groups is 1. The van der Waals surface area contributed by atoms with E-state index >= 15 is 0 Å². The molecule has 0 aromatic heterocycles. The Morgan fingerprint density at radius 3 is 2.62 bits per heavy atom. The average Bonchev–Trinajstić information content (AvgIpc) is 1.85. The van der Waals surface area contributed by atoms with Crippen LogP contribution in [0.15, 0.2) is 0 Å². The zero-order valence-corrected chi connectivity index (χ0v) is 5.61. The Kier molecular flexibility index (Phi) is 1.47. The summed E-state index contributed by atoms with van der Waals surface area (Å²) in [5.74, 6) is 0.123. The molecular formula is C5H9NOS. The molecule has 0 aromatic rings. The van der Waals surface area contributed by atoms with E-state index in [4.69, 9.17) is 0 Å². The second-order valence-electron chi connectivity index (χ2n) is 2.13. The molecule has 1 amide bonds. The third kappa shape index (κ3) is 0.968. The van der Waals surface area contributed by atoms with Crippen LogP contribution in [0.1, 0.15) is 13.3 Å². The molecule has 1 saturated heterocycles. The second-order valence-corrected chi connectivity index (χ2v) is 2.79. The highest BCUT2D eigenvalue weighted by Gasteiger charge is 2.24. The van der Waals surface area contributed by atoms with Crippen LogP contribution >= 0.6 is 12.6 Å². The van der Waals surface area contributed by atoms with Gasteiger partial charge in [-0.2, -0.15) is 12.6 Å². The Balaban J connectivity index is 2.51. The predicted molar refractivity (Wildman–Crippen MR) is 35.0 cm³/mol. The van der Waals surface area contributed by atoms with Crippen LogP contribution in [0, 0.1) is 0 Å². The van der Waals surface area contributed by atoms with Gasteiger partial charge in [-0.1, -0.05) is 0 Å². The highest BCUT2D eigenvalue weighted by atomic mass is 32.1. The van der Waals surface area contributed by atoms with Crippen LogP contribution in [0.3, 0.4) is 0 Å². The minimum Gasteiger partial charge on any atom is -0.352 e. The first-order valence-corrected chi connectivity index (χ1v) is 3.19. The van der Waals surface area contributed by atoms with Gasteiger partial charge in [0.05, 0.1) is 0 Å². The van der Waals surface area contributed by atoms with E-state index in [1.165, 1.54) is 0 Å². The van der Waals surface area contributed by atoms with Crippen LogP contribution in [0.2, 0.25) is 0 Å². The molecule has 0 aromatic carbocycles. The smallest absolute Gasteiger partial charge is 0.221 e. The van der Waals surface area contributed by atoms with Gasteiger partial charge in [0.1, 0.15) is 0 Å². The fourth-order valence-electron chi connectivity index (χ4n) is 0.776. The van der Waals surface area contributed by atoms with E-state index in [0.29, 0.717) is 6.42 Å². The Bertz CT molecular complexity index is 103. The van der Waals surface area contributed by atoms with E-state index in [1.54, 1.807) is 0 Å². The third-order valence-electron chi connectivity index (χ3n) is 1.36. The molecule has 1 rings (SSSR count). The molecule has 0 aliphatic carbocycles. The summed E-state index contributed by atoms with van der Waals surface area (Å²) in [5.41, 5.74) is 0. The Hall–Kier alpha value is -0.180. The van der Waals surface area contributed by atoms with Crippen molar-refractivity contribution in [3.8, 4) is 0 Å². The number of carbonyl (C=O) groups excluding carboxylic acids is 1. The van der Waals surface area contributed by atoms with Crippen LogP contribution in [-0.2, 0) is 4.79 Å². The molecule has 0 unspecified atom stereocenters. The summed E-state index contributed by atoms with van der Waals surface area (Å²) in [6.45, 7) is 1.96. The number of nitrogens with one attached hydrogen (secondary N) is 1. The molecule has 0 bridgehead atoms. The largest absolute Gasteiger partial charge is 0.352 e. The molecule has 0 saturated carbocycles. The fourth-order valence-corrected chi connectivity index (χ4v) is 1.02. The maximum absolute atomic E-state index is 10.5. The molecule has 1 heterocycles. The SMILES string of the molecule is C[C@@H]1NC(=O)C[C@@H]1S. The topological polar surface area (TPSA) is 29.1 Å². The molecule has 2 atom stereocenters. The molecule has 1 aliphatic heterocycles. The zero-order valence-electron chi connectivity index (χ0n) is 4.72. The first-order chi connectivity index (χ1) is 3.70. The van der Waals surface area contributed by atoms with Gasteiger partial charge in [-0.3, -0.25) is 4.79 Å². The van der Waals surface area contributed by atoms with Crippen LogP contribution in [0.5, 0.6) is 0 Å². The van der Waals surface area contributed by atoms with E-state index in [9.17, 15) is 4.79 Å². The Labute approximate surface area is 54.1 Å². The Morgan fingerprint density at radius 2 is 2.50 bits per heavy atom. The van der Waals surface area contributed by atoms with Gasteiger partial charge in [0.25, 0.3) is 0 Å². The number of amides is 1. The molecule has 1 aliphatic rings. The van der Waals surface area contributed by atoms with Crippen molar-refractivity contribution in [3.63, 3.8) is 0 Å². The summed E-state index contributed by atoms with van der Waals surface area (Å²) >= 11 is 4.16. The quantitative estimate of drug-likeness (QED) is 0.452. The van der Waals surface area contributed by atoms with Crippen molar-refractivity contribution in [2.45, 2.75) is 24.6 Å². The van der Waals surface area contributed by atoms with Gasteiger partial charge < -0.3 is 5.32 Å². The van der Waals surface area contributed by atoms with E-state index in [0.717, 1.165) is 0 Å². The summed E-state index contributed by atoms with van der Waals surface area (Å²) in [6.07, 6.45) is 0.574. The van der Waals surface area contributed by atoms with Crippen molar-refractivity contribution >= 4 is 18.5 Å². The lowest BCUT2D eigenvalue weighted by molar-refractivity contribution is -0.119. The summed E-state index contributed by atoms with van der Waals surface area (Å²) < 4.78 is 0. The lowest BCUT2D eigenvalue weighted by Crippen LogP contribution is -2.25. The molecule has 0 spiro atoms. The lowest BCUT2D eigenvalue weighted by atomic mass is 10.2. The minimum atomic E-state index is 0.123. The number of rotatable bonds is 0. The normalized spacial score (nSPS) is 37.5. The van der Waals surface area contributed by atoms with Crippen molar-refractivity contribution in [2.75, 3.05) is 0 Å². The fraction of sp³-hybridized carbons (Fsp3) is 0.800. The molecule has 2 nitrogen and oxygen atoms in total. The van der Waals surface area contributed by atoms with Crippen LogP contribution in [0.25, 0.3) is 0 Å². The molecule has 46 valence electrons. The maximum atomic E-state index is 10.5. The van der Waals surface area contributed by atoms with Crippen molar-refractivity contribution in [2.24, 2.45) is 0 Å². The van der Waals surface area contributed by atoms with Crippen LogP contribution in [0.4, 0.5) is 0 Å². The molecular weight excluding hydrogens is 122 g/mol. The Morgan fingerprint density at radius 1 is 1.88 bits per heavy atom. The highest BCUT2D eigenvalue weighted by Crippen LogP contribution is 2.12. The van der Waals surface area contributed by atoms with Crippen LogP contribution in [-0.4, -0.2) is 17.2 Å². The summed E-state index contributed by atoms with van der Waals surface area (Å²) in [6, 6.07) is 0.255. The number of thiol groups is 1. The first-order valence-electron chi connectivity index (χ1n) is 2.67. The van der Waals surface area contributed by atoms with Gasteiger partial charge in [0.15, 0.2) is 0 Å². The average molecular weight is 131 g/mol. The minimum absolute atomic E-state index is 0.123.